The van der Waals surface area contributed by atoms with Crippen LogP contribution in [-0.4, -0.2) is 0 Å². The van der Waals surface area contributed by atoms with Gasteiger partial charge < -0.3 is 0 Å². The Morgan fingerprint density at radius 2 is 1.85 bits per heavy atom. The summed E-state index contributed by atoms with van der Waals surface area (Å²) in [6.07, 6.45) is 10.7. The van der Waals surface area contributed by atoms with Gasteiger partial charge in [0.05, 0.1) is 0 Å². The molecule has 0 heteroatoms. The molecule has 2 rings (SSSR count). The first kappa shape index (κ1) is 9.55. The van der Waals surface area contributed by atoms with E-state index in [4.69, 9.17) is 0 Å². The summed E-state index contributed by atoms with van der Waals surface area (Å²) in [5.74, 6) is 4.26. The van der Waals surface area contributed by atoms with Gasteiger partial charge in [0.15, 0.2) is 0 Å². The summed E-state index contributed by atoms with van der Waals surface area (Å²) in [4.78, 5) is 0. The van der Waals surface area contributed by atoms with Gasteiger partial charge in [0.1, 0.15) is 0 Å². The highest BCUT2D eigenvalue weighted by Crippen LogP contribution is 2.41. The minimum absolute atomic E-state index is 1.03. The average molecular weight is 180 g/mol. The first-order chi connectivity index (χ1) is 6.25. The van der Waals surface area contributed by atoms with Gasteiger partial charge in [-0.1, -0.05) is 46.0 Å². The quantitative estimate of drug-likeness (QED) is 0.596. The molecule has 0 bridgehead atoms. The fourth-order valence-corrected chi connectivity index (χ4v) is 3.54. The van der Waals surface area contributed by atoms with E-state index in [2.05, 4.69) is 13.8 Å². The number of hydrogen-bond acceptors (Lipinski definition) is 0. The maximum atomic E-state index is 2.47. The third-order valence-corrected chi connectivity index (χ3v) is 4.48. The molecule has 0 saturated heterocycles. The van der Waals surface area contributed by atoms with Crippen LogP contribution in [0.1, 0.15) is 58.8 Å². The molecule has 0 N–H and O–H groups in total. The van der Waals surface area contributed by atoms with Gasteiger partial charge in [-0.2, -0.15) is 0 Å². The van der Waals surface area contributed by atoms with Crippen molar-refractivity contribution in [1.29, 1.82) is 0 Å². The molecule has 0 aromatic carbocycles. The van der Waals surface area contributed by atoms with Crippen LogP contribution in [-0.2, 0) is 0 Å². The highest BCUT2D eigenvalue weighted by atomic mass is 14.3. The van der Waals surface area contributed by atoms with Crippen molar-refractivity contribution >= 4 is 0 Å². The molecule has 0 aliphatic heterocycles. The lowest BCUT2D eigenvalue weighted by atomic mass is 9.87. The van der Waals surface area contributed by atoms with Crippen LogP contribution in [0, 0.1) is 23.7 Å². The fourth-order valence-electron chi connectivity index (χ4n) is 3.54. The minimum atomic E-state index is 1.03. The molecule has 2 aliphatic carbocycles. The third kappa shape index (κ3) is 2.27. The normalized spacial score (nSPS) is 45.7. The zero-order valence-corrected chi connectivity index (χ0v) is 9.26. The lowest BCUT2D eigenvalue weighted by Crippen LogP contribution is -2.09. The second-order valence-corrected chi connectivity index (χ2v) is 5.69. The van der Waals surface area contributed by atoms with Gasteiger partial charge in [-0.15, -0.1) is 0 Å². The van der Waals surface area contributed by atoms with Gasteiger partial charge in [-0.05, 0) is 36.5 Å². The van der Waals surface area contributed by atoms with Crippen molar-refractivity contribution in [2.45, 2.75) is 58.8 Å². The van der Waals surface area contributed by atoms with Gasteiger partial charge in [-0.3, -0.25) is 0 Å². The predicted molar refractivity (Wildman–Crippen MR) is 57.6 cm³/mol. The Bertz CT molecular complexity index is 161. The molecule has 0 spiro atoms. The molecule has 4 unspecified atom stereocenters. The Balaban J connectivity index is 1.77. The Hall–Kier alpha value is 0. The van der Waals surface area contributed by atoms with Gasteiger partial charge in [0.25, 0.3) is 0 Å². The minimum Gasteiger partial charge on any atom is -0.0625 e. The molecule has 0 nitrogen and oxygen atoms in total. The average Bonchev–Trinajstić information content (AvgIpc) is 2.64. The predicted octanol–water partition coefficient (Wildman–Crippen LogP) is 4.25. The van der Waals surface area contributed by atoms with E-state index in [9.17, 15) is 0 Å². The molecular weight excluding hydrogens is 156 g/mol. The third-order valence-electron chi connectivity index (χ3n) is 4.48. The topological polar surface area (TPSA) is 0 Å². The van der Waals surface area contributed by atoms with Gasteiger partial charge in [0.2, 0.25) is 0 Å². The maximum absolute atomic E-state index is 2.47. The van der Waals surface area contributed by atoms with E-state index in [0.717, 1.165) is 23.7 Å². The van der Waals surface area contributed by atoms with Crippen LogP contribution in [0.2, 0.25) is 0 Å². The molecule has 13 heavy (non-hydrogen) atoms. The summed E-state index contributed by atoms with van der Waals surface area (Å²) in [5, 5.41) is 0. The molecular formula is C13H24. The molecule has 0 amide bonds. The molecule has 4 atom stereocenters. The SMILES string of the molecule is CC1CCC(CC2CCCC2C)C1. The van der Waals surface area contributed by atoms with Crippen LogP contribution >= 0.6 is 0 Å². The van der Waals surface area contributed by atoms with E-state index in [1.54, 1.807) is 6.42 Å². The van der Waals surface area contributed by atoms with Crippen molar-refractivity contribution in [3.05, 3.63) is 0 Å². The van der Waals surface area contributed by atoms with Gasteiger partial charge in [-0.25, -0.2) is 0 Å². The van der Waals surface area contributed by atoms with Crippen LogP contribution in [0.4, 0.5) is 0 Å². The van der Waals surface area contributed by atoms with Crippen molar-refractivity contribution in [2.24, 2.45) is 23.7 Å². The molecule has 0 aromatic rings. The summed E-state index contributed by atoms with van der Waals surface area (Å²) in [5.41, 5.74) is 0. The summed E-state index contributed by atoms with van der Waals surface area (Å²) >= 11 is 0. The van der Waals surface area contributed by atoms with Crippen molar-refractivity contribution in [3.8, 4) is 0 Å². The largest absolute Gasteiger partial charge is 0.0625 e. The molecule has 0 radical (unpaired) electrons. The van der Waals surface area contributed by atoms with E-state index < -0.39 is 0 Å². The van der Waals surface area contributed by atoms with Gasteiger partial charge in [0, 0.05) is 0 Å². The summed E-state index contributed by atoms with van der Waals surface area (Å²) < 4.78 is 0. The Morgan fingerprint density at radius 1 is 1.00 bits per heavy atom. The lowest BCUT2D eigenvalue weighted by Gasteiger charge is -2.19. The van der Waals surface area contributed by atoms with Crippen LogP contribution in [0.25, 0.3) is 0 Å². The zero-order chi connectivity index (χ0) is 9.26. The van der Waals surface area contributed by atoms with Crippen LogP contribution in [0.3, 0.4) is 0 Å². The Labute approximate surface area is 83.1 Å². The highest BCUT2D eigenvalue weighted by Gasteiger charge is 2.29. The van der Waals surface area contributed by atoms with Crippen molar-refractivity contribution in [3.63, 3.8) is 0 Å². The second-order valence-electron chi connectivity index (χ2n) is 5.69. The van der Waals surface area contributed by atoms with E-state index in [0.29, 0.717) is 0 Å². The Kier molecular flexibility index (Phi) is 2.96. The van der Waals surface area contributed by atoms with Crippen LogP contribution in [0.5, 0.6) is 0 Å². The molecule has 2 fully saturated rings. The van der Waals surface area contributed by atoms with Gasteiger partial charge >= 0.3 is 0 Å². The van der Waals surface area contributed by atoms with Crippen molar-refractivity contribution in [2.75, 3.05) is 0 Å². The molecule has 2 aliphatic rings. The summed E-state index contributed by atoms with van der Waals surface area (Å²) in [6.45, 7) is 4.90. The Morgan fingerprint density at radius 3 is 2.38 bits per heavy atom. The molecule has 0 aromatic heterocycles. The fraction of sp³-hybridized carbons (Fsp3) is 1.00. The van der Waals surface area contributed by atoms with E-state index >= 15 is 0 Å². The summed E-state index contributed by atoms with van der Waals surface area (Å²) in [6, 6.07) is 0. The number of rotatable bonds is 2. The zero-order valence-electron chi connectivity index (χ0n) is 9.26. The van der Waals surface area contributed by atoms with Crippen LogP contribution in [0.15, 0.2) is 0 Å². The van der Waals surface area contributed by atoms with Crippen LogP contribution < -0.4 is 0 Å². The lowest BCUT2D eigenvalue weighted by molar-refractivity contribution is 0.316. The molecule has 0 heterocycles. The van der Waals surface area contributed by atoms with E-state index in [1.807, 2.05) is 0 Å². The first-order valence-electron chi connectivity index (χ1n) is 6.25. The highest BCUT2D eigenvalue weighted by molar-refractivity contribution is 4.80. The number of hydrogen-bond donors (Lipinski definition) is 0. The first-order valence-corrected chi connectivity index (χ1v) is 6.25. The van der Waals surface area contributed by atoms with Crippen molar-refractivity contribution in [1.82, 2.24) is 0 Å². The summed E-state index contributed by atoms with van der Waals surface area (Å²) in [7, 11) is 0. The van der Waals surface area contributed by atoms with Crippen molar-refractivity contribution < 1.29 is 0 Å². The maximum Gasteiger partial charge on any atom is -0.0386 e. The van der Waals surface area contributed by atoms with E-state index in [-0.39, 0.29) is 0 Å². The van der Waals surface area contributed by atoms with E-state index in [1.165, 1.54) is 38.5 Å². The smallest absolute Gasteiger partial charge is 0.0386 e. The standard InChI is InChI=1S/C13H24/c1-10-6-7-12(8-10)9-13-5-3-4-11(13)2/h10-13H,3-9H2,1-2H3. The monoisotopic (exact) mass is 180 g/mol. The molecule has 2 saturated carbocycles. The second kappa shape index (κ2) is 4.02. The molecule has 76 valence electrons.